The van der Waals surface area contributed by atoms with Crippen molar-refractivity contribution in [2.75, 3.05) is 7.11 Å². The van der Waals surface area contributed by atoms with Crippen LogP contribution < -0.4 is 4.74 Å². The van der Waals surface area contributed by atoms with Gasteiger partial charge in [0.15, 0.2) is 5.75 Å². The molecule has 0 radical (unpaired) electrons. The number of methoxy groups -OCH3 is 1. The zero-order valence-corrected chi connectivity index (χ0v) is 11.5. The first kappa shape index (κ1) is 14.6. The summed E-state index contributed by atoms with van der Waals surface area (Å²) in [5.74, 6) is -0.480. The number of carbonyl (C=O) groups is 1. The fourth-order valence-corrected chi connectivity index (χ4v) is 1.77. The van der Waals surface area contributed by atoms with Crippen molar-refractivity contribution in [2.45, 2.75) is 13.5 Å². The molecule has 0 spiro atoms. The molecule has 0 atom stereocenters. The van der Waals surface area contributed by atoms with Gasteiger partial charge in [0.05, 0.1) is 18.3 Å². The van der Waals surface area contributed by atoms with Gasteiger partial charge < -0.3 is 13.9 Å². The summed E-state index contributed by atoms with van der Waals surface area (Å²) in [6.45, 7) is 1.72. The van der Waals surface area contributed by atoms with Crippen LogP contribution in [0.4, 0.5) is 5.69 Å². The third-order valence-corrected chi connectivity index (χ3v) is 2.81. The van der Waals surface area contributed by atoms with Crippen LogP contribution in [0.5, 0.6) is 5.75 Å². The van der Waals surface area contributed by atoms with Crippen LogP contribution in [0.2, 0.25) is 0 Å². The molecule has 1 heterocycles. The molecule has 0 saturated heterocycles. The predicted molar refractivity (Wildman–Crippen MR) is 72.2 cm³/mol. The second kappa shape index (κ2) is 6.08. The van der Waals surface area contributed by atoms with E-state index in [1.54, 1.807) is 19.1 Å². The van der Waals surface area contributed by atoms with Crippen LogP contribution in [0.15, 0.2) is 34.9 Å². The molecule has 1 aromatic heterocycles. The quantitative estimate of drug-likeness (QED) is 0.478. The van der Waals surface area contributed by atoms with Crippen LogP contribution in [0.25, 0.3) is 0 Å². The van der Waals surface area contributed by atoms with E-state index in [1.165, 1.54) is 25.5 Å². The van der Waals surface area contributed by atoms with Gasteiger partial charge in [-0.05, 0) is 24.6 Å². The maximum Gasteiger partial charge on any atom is 0.374 e. The van der Waals surface area contributed by atoms with E-state index in [2.05, 4.69) is 4.74 Å². The highest BCUT2D eigenvalue weighted by molar-refractivity contribution is 5.87. The number of hydrogen-bond donors (Lipinski definition) is 0. The molecule has 1 aromatic carbocycles. The van der Waals surface area contributed by atoms with Gasteiger partial charge in [0, 0.05) is 11.6 Å². The van der Waals surface area contributed by atoms with Gasteiger partial charge in [0.1, 0.15) is 6.61 Å². The lowest BCUT2D eigenvalue weighted by molar-refractivity contribution is -0.386. The number of esters is 1. The summed E-state index contributed by atoms with van der Waals surface area (Å²) in [5, 5.41) is 11.0. The lowest BCUT2D eigenvalue weighted by Crippen LogP contribution is -2.06. The summed E-state index contributed by atoms with van der Waals surface area (Å²) in [6, 6.07) is 6.20. The summed E-state index contributed by atoms with van der Waals surface area (Å²) < 4.78 is 15.0. The van der Waals surface area contributed by atoms with Gasteiger partial charge in [-0.25, -0.2) is 4.79 Å². The van der Waals surface area contributed by atoms with Crippen molar-refractivity contribution in [3.8, 4) is 5.75 Å². The number of rotatable bonds is 5. The number of ether oxygens (including phenoxy) is 2. The highest BCUT2D eigenvalue weighted by Crippen LogP contribution is 2.28. The van der Waals surface area contributed by atoms with Crippen molar-refractivity contribution in [1.29, 1.82) is 0 Å². The molecular weight excluding hydrogens is 278 g/mol. The molecule has 0 N–H and O–H groups in total. The van der Waals surface area contributed by atoms with E-state index in [1.807, 2.05) is 0 Å². The summed E-state index contributed by atoms with van der Waals surface area (Å²) in [4.78, 5) is 21.9. The number of nitro benzene ring substituents is 1. The molecule has 0 aliphatic rings. The van der Waals surface area contributed by atoms with E-state index in [-0.39, 0.29) is 23.8 Å². The van der Waals surface area contributed by atoms with Crippen LogP contribution in [-0.2, 0) is 11.3 Å². The SMILES string of the molecule is COC(=O)c1occc1COc1ccc(C)cc1[N+](=O)[O-]. The third kappa shape index (κ3) is 3.19. The van der Waals surface area contributed by atoms with Crippen molar-refractivity contribution in [1.82, 2.24) is 0 Å². The van der Waals surface area contributed by atoms with Gasteiger partial charge in [-0.3, -0.25) is 10.1 Å². The number of carbonyl (C=O) groups excluding carboxylic acids is 1. The minimum atomic E-state index is -0.628. The molecule has 0 bridgehead atoms. The third-order valence-electron chi connectivity index (χ3n) is 2.81. The molecule has 0 aliphatic carbocycles. The van der Waals surface area contributed by atoms with Gasteiger partial charge in [-0.15, -0.1) is 0 Å². The molecule has 21 heavy (non-hydrogen) atoms. The number of hydrogen-bond acceptors (Lipinski definition) is 6. The minimum Gasteiger partial charge on any atom is -0.482 e. The van der Waals surface area contributed by atoms with Gasteiger partial charge in [-0.1, -0.05) is 6.07 Å². The largest absolute Gasteiger partial charge is 0.482 e. The number of nitrogens with zero attached hydrogens (tertiary/aromatic N) is 1. The second-order valence-electron chi connectivity index (χ2n) is 4.28. The van der Waals surface area contributed by atoms with Crippen molar-refractivity contribution in [3.05, 3.63) is 57.5 Å². The molecule has 0 aliphatic heterocycles. The van der Waals surface area contributed by atoms with E-state index >= 15 is 0 Å². The molecule has 2 aromatic rings. The Morgan fingerprint density at radius 3 is 2.81 bits per heavy atom. The maximum atomic E-state index is 11.4. The topological polar surface area (TPSA) is 91.8 Å². The van der Waals surface area contributed by atoms with E-state index in [0.29, 0.717) is 5.56 Å². The fraction of sp³-hybridized carbons (Fsp3) is 0.214. The number of benzene rings is 1. The maximum absolute atomic E-state index is 11.4. The zero-order valence-electron chi connectivity index (χ0n) is 11.5. The van der Waals surface area contributed by atoms with Crippen molar-refractivity contribution >= 4 is 11.7 Å². The Bertz CT molecular complexity index is 676. The summed E-state index contributed by atoms with van der Waals surface area (Å²) >= 11 is 0. The Balaban J connectivity index is 2.19. The van der Waals surface area contributed by atoms with Crippen LogP contribution in [0, 0.1) is 17.0 Å². The molecule has 7 heteroatoms. The Morgan fingerprint density at radius 2 is 2.14 bits per heavy atom. The number of aryl methyl sites for hydroxylation is 1. The average molecular weight is 291 g/mol. The Hall–Kier alpha value is -2.83. The minimum absolute atomic E-state index is 0.0206. The monoisotopic (exact) mass is 291 g/mol. The highest BCUT2D eigenvalue weighted by Gasteiger charge is 2.19. The molecule has 0 unspecified atom stereocenters. The van der Waals surface area contributed by atoms with Gasteiger partial charge >= 0.3 is 11.7 Å². The molecule has 0 amide bonds. The van der Waals surface area contributed by atoms with Crippen molar-refractivity contribution in [2.24, 2.45) is 0 Å². The van der Waals surface area contributed by atoms with Gasteiger partial charge in [0.25, 0.3) is 0 Å². The Morgan fingerprint density at radius 1 is 1.38 bits per heavy atom. The lowest BCUT2D eigenvalue weighted by atomic mass is 10.2. The van der Waals surface area contributed by atoms with Crippen LogP contribution in [0.1, 0.15) is 21.7 Å². The number of furan rings is 1. The molecule has 110 valence electrons. The zero-order chi connectivity index (χ0) is 15.4. The average Bonchev–Trinajstić information content (AvgIpc) is 2.93. The van der Waals surface area contributed by atoms with Crippen LogP contribution in [0.3, 0.4) is 0 Å². The van der Waals surface area contributed by atoms with Gasteiger partial charge in [-0.2, -0.15) is 0 Å². The first-order valence-corrected chi connectivity index (χ1v) is 6.05. The Kier molecular flexibility index (Phi) is 4.22. The van der Waals surface area contributed by atoms with Crippen molar-refractivity contribution < 1.29 is 23.6 Å². The molecular formula is C14H13NO6. The van der Waals surface area contributed by atoms with E-state index in [9.17, 15) is 14.9 Å². The van der Waals surface area contributed by atoms with E-state index in [0.717, 1.165) is 5.56 Å². The lowest BCUT2D eigenvalue weighted by Gasteiger charge is -2.07. The first-order chi connectivity index (χ1) is 10.0. The normalized spacial score (nSPS) is 10.2. The van der Waals surface area contributed by atoms with Crippen LogP contribution >= 0.6 is 0 Å². The number of nitro groups is 1. The molecule has 0 saturated carbocycles. The summed E-state index contributed by atoms with van der Waals surface area (Å²) in [7, 11) is 1.24. The molecule has 7 nitrogen and oxygen atoms in total. The predicted octanol–water partition coefficient (Wildman–Crippen LogP) is 2.86. The summed E-state index contributed by atoms with van der Waals surface area (Å²) in [6.07, 6.45) is 1.33. The standard InChI is InChI=1S/C14H13NO6/c1-9-3-4-12(11(7-9)15(17)18)21-8-10-5-6-20-13(10)14(16)19-2/h3-7H,8H2,1-2H3. The summed E-state index contributed by atoms with van der Waals surface area (Å²) in [5.41, 5.74) is 1.09. The van der Waals surface area contributed by atoms with E-state index < -0.39 is 10.9 Å². The fourth-order valence-electron chi connectivity index (χ4n) is 1.77. The van der Waals surface area contributed by atoms with E-state index in [4.69, 9.17) is 9.15 Å². The highest BCUT2D eigenvalue weighted by atomic mass is 16.6. The van der Waals surface area contributed by atoms with Gasteiger partial charge in [0.2, 0.25) is 5.76 Å². The second-order valence-corrected chi connectivity index (χ2v) is 4.28. The smallest absolute Gasteiger partial charge is 0.374 e. The Labute approximate surface area is 120 Å². The van der Waals surface area contributed by atoms with Crippen LogP contribution in [-0.4, -0.2) is 18.0 Å². The van der Waals surface area contributed by atoms with Crippen molar-refractivity contribution in [3.63, 3.8) is 0 Å². The first-order valence-electron chi connectivity index (χ1n) is 6.05. The molecule has 0 fully saturated rings. The molecule has 2 rings (SSSR count).